The third-order valence-electron chi connectivity index (χ3n) is 12.4. The van der Waals surface area contributed by atoms with E-state index >= 15 is 0 Å². The molecule has 0 amide bonds. The molecule has 0 aliphatic carbocycles. The molecule has 0 aliphatic rings. The van der Waals surface area contributed by atoms with Crippen LogP contribution in [0.4, 0.5) is 0 Å². The number of fused-ring (bicyclic) bond motifs is 9. The Bertz CT molecular complexity index is 3850. The average molecular weight is 822 g/mol. The minimum atomic E-state index is 0.627. The van der Waals surface area contributed by atoms with Gasteiger partial charge in [-0.15, -0.1) is 11.3 Å². The van der Waals surface area contributed by atoms with E-state index in [-0.39, 0.29) is 0 Å². The zero-order valence-electron chi connectivity index (χ0n) is 33.9. The van der Waals surface area contributed by atoms with E-state index in [9.17, 15) is 0 Å². The normalized spacial score (nSPS) is 11.8. The van der Waals surface area contributed by atoms with Crippen LogP contribution >= 0.6 is 11.3 Å². The molecule has 0 spiro atoms. The zero-order valence-corrected chi connectivity index (χ0v) is 34.7. The molecule has 0 saturated carbocycles. The van der Waals surface area contributed by atoms with Crippen molar-refractivity contribution in [3.8, 4) is 56.7 Å². The van der Waals surface area contributed by atoms with E-state index in [2.05, 4.69) is 203 Å². The Labute approximate surface area is 366 Å². The summed E-state index contributed by atoms with van der Waals surface area (Å²) in [5.41, 5.74) is 11.9. The lowest BCUT2D eigenvalue weighted by Crippen LogP contribution is -2.02. The van der Waals surface area contributed by atoms with E-state index in [0.717, 1.165) is 65.6 Å². The van der Waals surface area contributed by atoms with Crippen LogP contribution in [0.25, 0.3) is 120 Å². The number of hydrogen-bond donors (Lipinski definition) is 0. The van der Waals surface area contributed by atoms with Gasteiger partial charge < -0.3 is 9.13 Å². The second kappa shape index (κ2) is 14.2. The molecule has 9 aromatic carbocycles. The molecular formula is C57H35N5S. The maximum absolute atomic E-state index is 5.54. The molecule has 0 radical (unpaired) electrons. The topological polar surface area (TPSA) is 48.5 Å². The van der Waals surface area contributed by atoms with Gasteiger partial charge in [0.15, 0.2) is 17.5 Å². The van der Waals surface area contributed by atoms with E-state index in [1.54, 1.807) is 11.3 Å². The second-order valence-electron chi connectivity index (χ2n) is 16.0. The van der Waals surface area contributed by atoms with Crippen LogP contribution in [0, 0.1) is 0 Å². The highest BCUT2D eigenvalue weighted by molar-refractivity contribution is 7.26. The van der Waals surface area contributed by atoms with Crippen molar-refractivity contribution in [3.05, 3.63) is 212 Å². The van der Waals surface area contributed by atoms with Gasteiger partial charge in [0, 0.05) is 69.8 Å². The van der Waals surface area contributed by atoms with Crippen molar-refractivity contribution in [2.75, 3.05) is 0 Å². The van der Waals surface area contributed by atoms with Crippen LogP contribution < -0.4 is 0 Å². The lowest BCUT2D eigenvalue weighted by atomic mass is 10.0. The number of rotatable bonds is 6. The molecule has 0 bridgehead atoms. The van der Waals surface area contributed by atoms with Crippen molar-refractivity contribution in [1.29, 1.82) is 0 Å². The van der Waals surface area contributed by atoms with Gasteiger partial charge in [-0.3, -0.25) is 0 Å². The number of nitrogens with zero attached hydrogens (tertiary/aromatic N) is 5. The van der Waals surface area contributed by atoms with Gasteiger partial charge in [0.1, 0.15) is 0 Å². The smallest absolute Gasteiger partial charge is 0.165 e. The second-order valence-corrected chi connectivity index (χ2v) is 17.0. The van der Waals surface area contributed by atoms with Crippen LogP contribution in [0.2, 0.25) is 0 Å². The number of thiophene rings is 1. The fourth-order valence-electron chi connectivity index (χ4n) is 9.56. The summed E-state index contributed by atoms with van der Waals surface area (Å²) in [5.74, 6) is 1.88. The minimum Gasteiger partial charge on any atom is -0.309 e. The molecule has 0 unspecified atom stereocenters. The van der Waals surface area contributed by atoms with Crippen LogP contribution in [0.1, 0.15) is 0 Å². The van der Waals surface area contributed by atoms with Gasteiger partial charge in [-0.25, -0.2) is 15.0 Å². The number of para-hydroxylation sites is 4. The average Bonchev–Trinajstić information content (AvgIpc) is 4.02. The monoisotopic (exact) mass is 821 g/mol. The Morgan fingerprint density at radius 2 is 0.857 bits per heavy atom. The van der Waals surface area contributed by atoms with Gasteiger partial charge in [-0.05, 0) is 65.7 Å². The van der Waals surface area contributed by atoms with Gasteiger partial charge >= 0.3 is 0 Å². The van der Waals surface area contributed by atoms with Gasteiger partial charge in [0.2, 0.25) is 0 Å². The summed E-state index contributed by atoms with van der Waals surface area (Å²) in [4.78, 5) is 16.3. The molecule has 13 rings (SSSR count). The van der Waals surface area contributed by atoms with E-state index in [1.807, 2.05) is 18.2 Å². The molecule has 5 nitrogen and oxygen atoms in total. The Hall–Kier alpha value is -8.19. The van der Waals surface area contributed by atoms with Gasteiger partial charge in [0.25, 0.3) is 0 Å². The number of benzene rings is 9. The lowest BCUT2D eigenvalue weighted by Gasteiger charge is -2.13. The molecule has 4 aromatic heterocycles. The third-order valence-corrected chi connectivity index (χ3v) is 13.6. The molecule has 0 fully saturated rings. The molecular weight excluding hydrogens is 787 g/mol. The van der Waals surface area contributed by atoms with Gasteiger partial charge in [-0.2, -0.15) is 0 Å². The first-order chi connectivity index (χ1) is 31.2. The molecule has 63 heavy (non-hydrogen) atoms. The lowest BCUT2D eigenvalue weighted by molar-refractivity contribution is 1.08. The molecule has 294 valence electrons. The highest BCUT2D eigenvalue weighted by Gasteiger charge is 2.23. The number of aromatic nitrogens is 5. The predicted octanol–water partition coefficient (Wildman–Crippen LogP) is 15.1. The summed E-state index contributed by atoms with van der Waals surface area (Å²) in [5, 5.41) is 7.05. The van der Waals surface area contributed by atoms with Crippen LogP contribution in [-0.4, -0.2) is 24.1 Å². The highest BCUT2D eigenvalue weighted by Crippen LogP contribution is 2.45. The van der Waals surface area contributed by atoms with Crippen molar-refractivity contribution in [2.45, 2.75) is 0 Å². The largest absolute Gasteiger partial charge is 0.309 e. The zero-order chi connectivity index (χ0) is 41.4. The van der Waals surface area contributed by atoms with Crippen LogP contribution in [0.3, 0.4) is 0 Å². The quantitative estimate of drug-likeness (QED) is 0.168. The SMILES string of the molecule is c1ccc(-c2ccc3c(c2)sc2c(-c4nc(-c5ccccc5)nc(-c5cccc6c5c5ccccc5n6-c5ccccc5)n4)cc(-n4c5ccccc5c5ccccc54)cc23)cc1. The summed E-state index contributed by atoms with van der Waals surface area (Å²) in [6.07, 6.45) is 0. The minimum absolute atomic E-state index is 0.627. The first kappa shape index (κ1) is 35.6. The van der Waals surface area contributed by atoms with Crippen LogP contribution in [-0.2, 0) is 0 Å². The molecule has 13 aromatic rings. The first-order valence-electron chi connectivity index (χ1n) is 21.2. The summed E-state index contributed by atoms with van der Waals surface area (Å²) in [7, 11) is 0. The molecule has 0 atom stereocenters. The van der Waals surface area contributed by atoms with E-state index in [4.69, 9.17) is 15.0 Å². The predicted molar refractivity (Wildman–Crippen MR) is 263 cm³/mol. The Morgan fingerprint density at radius 3 is 1.56 bits per heavy atom. The van der Waals surface area contributed by atoms with Crippen molar-refractivity contribution < 1.29 is 0 Å². The fourth-order valence-corrected chi connectivity index (χ4v) is 10.8. The Kier molecular flexibility index (Phi) is 8.01. The van der Waals surface area contributed by atoms with Crippen LogP contribution in [0.15, 0.2) is 212 Å². The van der Waals surface area contributed by atoms with Crippen molar-refractivity contribution in [2.24, 2.45) is 0 Å². The molecule has 0 N–H and O–H groups in total. The summed E-state index contributed by atoms with van der Waals surface area (Å²) < 4.78 is 7.08. The fraction of sp³-hybridized carbons (Fsp3) is 0. The summed E-state index contributed by atoms with van der Waals surface area (Å²) in [6.45, 7) is 0. The van der Waals surface area contributed by atoms with Gasteiger partial charge in [0.05, 0.1) is 22.1 Å². The Balaban J connectivity index is 1.12. The maximum atomic E-state index is 5.54. The summed E-state index contributed by atoms with van der Waals surface area (Å²) in [6, 6.07) is 75.5. The van der Waals surface area contributed by atoms with E-state index in [0.29, 0.717) is 17.5 Å². The standard InChI is InChI=1S/C57H35N5S/c1-4-17-36(18-5-1)38-31-32-43-46-34-40(62-48-27-13-10-23-41(48)42-24-11-14-28-49(42)62)35-47(54(46)63-52(43)33-38)57-59-55(37-19-6-2-7-20-37)58-56(60-57)45-26-16-30-51-53(45)44-25-12-15-29-50(44)61(51)39-21-8-3-9-22-39/h1-35H. The number of hydrogen-bond acceptors (Lipinski definition) is 4. The molecule has 4 heterocycles. The molecule has 6 heteroatoms. The maximum Gasteiger partial charge on any atom is 0.165 e. The van der Waals surface area contributed by atoms with Crippen molar-refractivity contribution in [1.82, 2.24) is 24.1 Å². The van der Waals surface area contributed by atoms with E-state index < -0.39 is 0 Å². The van der Waals surface area contributed by atoms with Crippen molar-refractivity contribution in [3.63, 3.8) is 0 Å². The third kappa shape index (κ3) is 5.66. The molecule has 0 saturated heterocycles. The van der Waals surface area contributed by atoms with E-state index in [1.165, 1.54) is 37.4 Å². The van der Waals surface area contributed by atoms with Crippen molar-refractivity contribution >= 4 is 75.1 Å². The highest BCUT2D eigenvalue weighted by atomic mass is 32.1. The van der Waals surface area contributed by atoms with Gasteiger partial charge in [-0.1, -0.05) is 158 Å². The molecule has 0 aliphatic heterocycles. The van der Waals surface area contributed by atoms with Crippen LogP contribution in [0.5, 0.6) is 0 Å². The summed E-state index contributed by atoms with van der Waals surface area (Å²) >= 11 is 1.80. The Morgan fingerprint density at radius 1 is 0.317 bits per heavy atom. The first-order valence-corrected chi connectivity index (χ1v) is 22.0.